The van der Waals surface area contributed by atoms with E-state index in [-0.39, 0.29) is 0 Å². The highest BCUT2D eigenvalue weighted by atomic mass is 32.1. The van der Waals surface area contributed by atoms with Crippen molar-refractivity contribution in [2.45, 2.75) is 19.5 Å². The zero-order valence-corrected chi connectivity index (χ0v) is 12.0. The van der Waals surface area contributed by atoms with Gasteiger partial charge in [0, 0.05) is 24.2 Å². The molecule has 0 saturated carbocycles. The summed E-state index contributed by atoms with van der Waals surface area (Å²) in [7, 11) is 0. The van der Waals surface area contributed by atoms with E-state index in [2.05, 4.69) is 32.1 Å². The second-order valence-electron chi connectivity index (χ2n) is 4.52. The third-order valence-electron chi connectivity index (χ3n) is 3.13. The number of ether oxygens (including phenoxy) is 1. The summed E-state index contributed by atoms with van der Waals surface area (Å²) in [6.45, 7) is 5.62. The van der Waals surface area contributed by atoms with Crippen molar-refractivity contribution in [3.8, 4) is 0 Å². The molecule has 3 heterocycles. The lowest BCUT2D eigenvalue weighted by atomic mass is 10.2. The third kappa shape index (κ3) is 2.64. The summed E-state index contributed by atoms with van der Waals surface area (Å²) in [5.74, 6) is 0. The third-order valence-corrected chi connectivity index (χ3v) is 4.92. The average Bonchev–Trinajstić information content (AvgIpc) is 3.02. The lowest BCUT2D eigenvalue weighted by Crippen LogP contribution is -2.38. The molecule has 0 amide bonds. The van der Waals surface area contributed by atoms with Gasteiger partial charge in [0.15, 0.2) is 0 Å². The van der Waals surface area contributed by atoms with Crippen LogP contribution in [0, 0.1) is 6.92 Å². The number of thiazole rings is 1. The van der Waals surface area contributed by atoms with Crippen molar-refractivity contribution in [1.82, 2.24) is 9.88 Å². The van der Waals surface area contributed by atoms with Crippen molar-refractivity contribution in [2.24, 2.45) is 0 Å². The second kappa shape index (κ2) is 5.48. The Kier molecular flexibility index (Phi) is 3.75. The minimum atomic E-state index is 0.317. The van der Waals surface area contributed by atoms with Crippen LogP contribution in [0.3, 0.4) is 0 Å². The van der Waals surface area contributed by atoms with Crippen LogP contribution in [-0.4, -0.2) is 29.6 Å². The van der Waals surface area contributed by atoms with Crippen molar-refractivity contribution in [1.29, 1.82) is 0 Å². The number of aryl methyl sites for hydroxylation is 1. The van der Waals surface area contributed by atoms with Gasteiger partial charge < -0.3 is 4.74 Å². The molecule has 0 aliphatic carbocycles. The summed E-state index contributed by atoms with van der Waals surface area (Å²) in [4.78, 5) is 7.09. The predicted octanol–water partition coefficient (Wildman–Crippen LogP) is 3.09. The Hall–Kier alpha value is -0.750. The van der Waals surface area contributed by atoms with Gasteiger partial charge in [-0.2, -0.15) is 11.3 Å². The number of hydrogen-bond acceptors (Lipinski definition) is 5. The van der Waals surface area contributed by atoms with Crippen molar-refractivity contribution in [3.05, 3.63) is 38.5 Å². The van der Waals surface area contributed by atoms with Crippen LogP contribution in [0.15, 0.2) is 22.2 Å². The minimum Gasteiger partial charge on any atom is -0.378 e. The van der Waals surface area contributed by atoms with Crippen LogP contribution in [0.5, 0.6) is 0 Å². The fourth-order valence-corrected chi connectivity index (χ4v) is 3.77. The fraction of sp³-hybridized carbons (Fsp3) is 0.462. The van der Waals surface area contributed by atoms with Crippen LogP contribution in [0.4, 0.5) is 0 Å². The lowest BCUT2D eigenvalue weighted by molar-refractivity contribution is -0.0127. The molecule has 0 N–H and O–H groups in total. The molecular formula is C13H16N2OS2. The highest BCUT2D eigenvalue weighted by Gasteiger charge is 2.26. The molecule has 0 radical (unpaired) electrons. The van der Waals surface area contributed by atoms with Crippen LogP contribution in [0.1, 0.15) is 22.3 Å². The summed E-state index contributed by atoms with van der Waals surface area (Å²) in [6.07, 6.45) is 0. The molecule has 96 valence electrons. The second-order valence-corrected chi connectivity index (χ2v) is 6.19. The number of thiophene rings is 1. The van der Waals surface area contributed by atoms with E-state index in [9.17, 15) is 0 Å². The lowest BCUT2D eigenvalue weighted by Gasteiger charge is -2.34. The zero-order valence-electron chi connectivity index (χ0n) is 10.3. The quantitative estimate of drug-likeness (QED) is 0.864. The average molecular weight is 280 g/mol. The van der Waals surface area contributed by atoms with E-state index in [0.29, 0.717) is 6.04 Å². The van der Waals surface area contributed by atoms with Gasteiger partial charge in [-0.05, 0) is 29.3 Å². The van der Waals surface area contributed by atoms with E-state index < -0.39 is 0 Å². The van der Waals surface area contributed by atoms with E-state index in [4.69, 9.17) is 4.74 Å². The molecule has 1 fully saturated rings. The molecule has 0 spiro atoms. The van der Waals surface area contributed by atoms with E-state index in [0.717, 1.165) is 32.0 Å². The van der Waals surface area contributed by atoms with Crippen LogP contribution in [-0.2, 0) is 11.3 Å². The molecule has 5 heteroatoms. The molecule has 3 rings (SSSR count). The Bertz CT molecular complexity index is 495. The van der Waals surface area contributed by atoms with Gasteiger partial charge in [-0.25, -0.2) is 4.98 Å². The SMILES string of the molecule is Cc1csc([C@@H]2COCCN2Cc2ccsc2)n1. The Morgan fingerprint density at radius 3 is 3.17 bits per heavy atom. The fourth-order valence-electron chi connectivity index (χ4n) is 2.20. The Morgan fingerprint density at radius 1 is 1.50 bits per heavy atom. The summed E-state index contributed by atoms with van der Waals surface area (Å²) >= 11 is 3.50. The first-order valence-corrected chi connectivity index (χ1v) is 7.90. The monoisotopic (exact) mass is 280 g/mol. The molecule has 2 aromatic rings. The van der Waals surface area contributed by atoms with Crippen molar-refractivity contribution >= 4 is 22.7 Å². The normalized spacial score (nSPS) is 21.3. The van der Waals surface area contributed by atoms with Crippen LogP contribution in [0.2, 0.25) is 0 Å². The maximum Gasteiger partial charge on any atom is 0.112 e. The molecule has 1 aliphatic rings. The van der Waals surface area contributed by atoms with Gasteiger partial charge in [-0.3, -0.25) is 4.90 Å². The van der Waals surface area contributed by atoms with Gasteiger partial charge in [0.25, 0.3) is 0 Å². The molecule has 0 aromatic carbocycles. The summed E-state index contributed by atoms with van der Waals surface area (Å²) in [5.41, 5.74) is 2.50. The van der Waals surface area contributed by atoms with Gasteiger partial charge >= 0.3 is 0 Å². The smallest absolute Gasteiger partial charge is 0.112 e. The first-order chi connectivity index (χ1) is 8.83. The Morgan fingerprint density at radius 2 is 2.44 bits per heavy atom. The number of hydrogen-bond donors (Lipinski definition) is 0. The zero-order chi connectivity index (χ0) is 12.4. The van der Waals surface area contributed by atoms with E-state index >= 15 is 0 Å². The summed E-state index contributed by atoms with van der Waals surface area (Å²) in [5, 5.41) is 7.66. The Labute approximate surface area is 115 Å². The van der Waals surface area contributed by atoms with Crippen molar-refractivity contribution in [3.63, 3.8) is 0 Å². The largest absolute Gasteiger partial charge is 0.378 e. The molecular weight excluding hydrogens is 264 g/mol. The van der Waals surface area contributed by atoms with Gasteiger partial charge in [0.2, 0.25) is 0 Å². The maximum absolute atomic E-state index is 5.62. The first kappa shape index (κ1) is 12.3. The molecule has 2 aromatic heterocycles. The molecule has 1 saturated heterocycles. The van der Waals surface area contributed by atoms with Gasteiger partial charge in [-0.1, -0.05) is 0 Å². The minimum absolute atomic E-state index is 0.317. The van der Waals surface area contributed by atoms with Gasteiger partial charge in [-0.15, -0.1) is 11.3 Å². The highest BCUT2D eigenvalue weighted by molar-refractivity contribution is 7.09. The summed E-state index contributed by atoms with van der Waals surface area (Å²) < 4.78 is 5.62. The topological polar surface area (TPSA) is 25.4 Å². The number of morpholine rings is 1. The molecule has 0 unspecified atom stereocenters. The van der Waals surface area contributed by atoms with Crippen LogP contribution < -0.4 is 0 Å². The molecule has 18 heavy (non-hydrogen) atoms. The summed E-state index contributed by atoms with van der Waals surface area (Å²) in [6, 6.07) is 2.52. The predicted molar refractivity (Wildman–Crippen MR) is 75.1 cm³/mol. The van der Waals surface area contributed by atoms with Gasteiger partial charge in [0.05, 0.1) is 19.3 Å². The number of aromatic nitrogens is 1. The van der Waals surface area contributed by atoms with Crippen molar-refractivity contribution in [2.75, 3.05) is 19.8 Å². The molecule has 1 aliphatic heterocycles. The van der Waals surface area contributed by atoms with E-state index in [1.807, 2.05) is 6.92 Å². The van der Waals surface area contributed by atoms with E-state index in [1.165, 1.54) is 10.6 Å². The van der Waals surface area contributed by atoms with Crippen LogP contribution >= 0.6 is 22.7 Å². The van der Waals surface area contributed by atoms with Crippen LogP contribution in [0.25, 0.3) is 0 Å². The standard InChI is InChI=1S/C13H16N2OS2/c1-10-8-18-13(14-10)12-7-16-4-3-15(12)6-11-2-5-17-9-11/h2,5,8-9,12H,3-4,6-7H2,1H3/t12-/m0/s1. The molecule has 3 nitrogen and oxygen atoms in total. The van der Waals surface area contributed by atoms with Gasteiger partial charge in [0.1, 0.15) is 5.01 Å². The van der Waals surface area contributed by atoms with Crippen molar-refractivity contribution < 1.29 is 4.74 Å². The van der Waals surface area contributed by atoms with E-state index in [1.54, 1.807) is 22.7 Å². The first-order valence-electron chi connectivity index (χ1n) is 6.08. The maximum atomic E-state index is 5.62. The number of rotatable bonds is 3. The highest BCUT2D eigenvalue weighted by Crippen LogP contribution is 2.28. The molecule has 1 atom stereocenters. The Balaban J connectivity index is 1.77. The molecule has 0 bridgehead atoms. The number of nitrogens with zero attached hydrogens (tertiary/aromatic N) is 2.